The number of hydrogen-bond acceptors (Lipinski definition) is 4. The van der Waals surface area contributed by atoms with Crippen molar-refractivity contribution in [1.82, 2.24) is 15.2 Å². The zero-order valence-electron chi connectivity index (χ0n) is 12.2. The van der Waals surface area contributed by atoms with E-state index in [1.165, 1.54) is 18.4 Å². The van der Waals surface area contributed by atoms with Gasteiger partial charge in [0.15, 0.2) is 0 Å². The molecule has 1 saturated carbocycles. The molecule has 5 heteroatoms. The topological polar surface area (TPSA) is 67.9 Å². The largest absolute Gasteiger partial charge is 0.496 e. The van der Waals surface area contributed by atoms with Gasteiger partial charge in [0, 0.05) is 23.3 Å². The Hall–Kier alpha value is -2.69. The van der Waals surface area contributed by atoms with E-state index in [1.54, 1.807) is 25.6 Å². The van der Waals surface area contributed by atoms with Crippen LogP contribution in [-0.2, 0) is 0 Å². The van der Waals surface area contributed by atoms with Crippen molar-refractivity contribution in [2.45, 2.75) is 18.8 Å². The van der Waals surface area contributed by atoms with E-state index in [9.17, 15) is 4.79 Å². The number of ether oxygens (including phenoxy) is 1. The summed E-state index contributed by atoms with van der Waals surface area (Å²) in [6.45, 7) is 0. The van der Waals surface area contributed by atoms with Crippen LogP contribution in [0.2, 0.25) is 0 Å². The second-order valence-electron chi connectivity index (χ2n) is 5.56. The fourth-order valence-corrected chi connectivity index (χ4v) is 2.79. The molecule has 0 unspecified atom stereocenters. The molecule has 1 aliphatic rings. The Bertz CT molecular complexity index is 913. The molecular weight excluding hydrogens is 278 g/mol. The van der Waals surface area contributed by atoms with E-state index in [1.807, 2.05) is 6.07 Å². The number of rotatable bonds is 3. The number of aromatic nitrogens is 3. The standard InChI is InChI=1S/C17H15N3O2/c1-22-15-8-11(10-2-3-10)4-5-13(15)16-12-6-7-18-9-14(12)17(21)20-19-16/h4-10H,2-3H2,1H3,(H,20,21). The van der Waals surface area contributed by atoms with Gasteiger partial charge in [-0.2, -0.15) is 5.10 Å². The van der Waals surface area contributed by atoms with Crippen molar-refractivity contribution in [3.05, 3.63) is 52.6 Å². The van der Waals surface area contributed by atoms with Crippen molar-refractivity contribution in [2.24, 2.45) is 0 Å². The van der Waals surface area contributed by atoms with Gasteiger partial charge < -0.3 is 4.74 Å². The summed E-state index contributed by atoms with van der Waals surface area (Å²) in [7, 11) is 1.66. The number of aromatic amines is 1. The van der Waals surface area contributed by atoms with Crippen LogP contribution in [-0.4, -0.2) is 22.3 Å². The number of methoxy groups -OCH3 is 1. The second-order valence-corrected chi connectivity index (χ2v) is 5.56. The highest BCUT2D eigenvalue weighted by molar-refractivity contribution is 5.94. The van der Waals surface area contributed by atoms with Crippen LogP contribution in [0.5, 0.6) is 5.75 Å². The molecule has 0 radical (unpaired) electrons. The average Bonchev–Trinajstić information content (AvgIpc) is 3.40. The van der Waals surface area contributed by atoms with Crippen LogP contribution in [0.3, 0.4) is 0 Å². The Morgan fingerprint density at radius 2 is 2.09 bits per heavy atom. The van der Waals surface area contributed by atoms with Crippen molar-refractivity contribution in [3.63, 3.8) is 0 Å². The zero-order valence-corrected chi connectivity index (χ0v) is 12.2. The van der Waals surface area contributed by atoms with Gasteiger partial charge in [0.25, 0.3) is 5.56 Å². The summed E-state index contributed by atoms with van der Waals surface area (Å²) in [6, 6.07) is 8.02. The summed E-state index contributed by atoms with van der Waals surface area (Å²) in [6.07, 6.45) is 5.71. The molecule has 0 amide bonds. The molecule has 22 heavy (non-hydrogen) atoms. The van der Waals surface area contributed by atoms with Crippen molar-refractivity contribution in [1.29, 1.82) is 0 Å². The number of nitrogens with zero attached hydrogens (tertiary/aromatic N) is 2. The smallest absolute Gasteiger partial charge is 0.273 e. The summed E-state index contributed by atoms with van der Waals surface area (Å²) >= 11 is 0. The minimum atomic E-state index is -0.236. The summed E-state index contributed by atoms with van der Waals surface area (Å²) in [5, 5.41) is 8.07. The lowest BCUT2D eigenvalue weighted by atomic mass is 10.0. The maximum absolute atomic E-state index is 11.9. The monoisotopic (exact) mass is 293 g/mol. The van der Waals surface area contributed by atoms with E-state index < -0.39 is 0 Å². The van der Waals surface area contributed by atoms with E-state index in [4.69, 9.17) is 4.74 Å². The van der Waals surface area contributed by atoms with Gasteiger partial charge in [0.05, 0.1) is 12.5 Å². The zero-order chi connectivity index (χ0) is 15.1. The molecule has 110 valence electrons. The summed E-state index contributed by atoms with van der Waals surface area (Å²) in [5.41, 5.74) is 2.65. The summed E-state index contributed by atoms with van der Waals surface area (Å²) < 4.78 is 5.55. The Morgan fingerprint density at radius 3 is 2.86 bits per heavy atom. The molecule has 2 aromatic heterocycles. The van der Waals surface area contributed by atoms with E-state index in [0.29, 0.717) is 17.0 Å². The molecule has 5 nitrogen and oxygen atoms in total. The molecule has 4 rings (SSSR count). The van der Waals surface area contributed by atoms with Crippen molar-refractivity contribution < 1.29 is 4.74 Å². The minimum Gasteiger partial charge on any atom is -0.496 e. The van der Waals surface area contributed by atoms with Gasteiger partial charge in [-0.1, -0.05) is 6.07 Å². The molecule has 1 aromatic carbocycles. The number of hydrogen-bond donors (Lipinski definition) is 1. The van der Waals surface area contributed by atoms with E-state index >= 15 is 0 Å². The molecule has 1 fully saturated rings. The van der Waals surface area contributed by atoms with Crippen LogP contribution in [0.4, 0.5) is 0 Å². The van der Waals surface area contributed by atoms with Crippen LogP contribution < -0.4 is 10.3 Å². The fourth-order valence-electron chi connectivity index (χ4n) is 2.79. The van der Waals surface area contributed by atoms with Gasteiger partial charge in [-0.25, -0.2) is 5.10 Å². The third-order valence-electron chi connectivity index (χ3n) is 4.12. The fraction of sp³-hybridized carbons (Fsp3) is 0.235. The maximum atomic E-state index is 11.9. The number of pyridine rings is 1. The van der Waals surface area contributed by atoms with Crippen molar-refractivity contribution >= 4 is 10.8 Å². The van der Waals surface area contributed by atoms with Crippen molar-refractivity contribution in [3.8, 4) is 17.0 Å². The quantitative estimate of drug-likeness (QED) is 0.806. The van der Waals surface area contributed by atoms with Gasteiger partial charge in [-0.15, -0.1) is 0 Å². The highest BCUT2D eigenvalue weighted by atomic mass is 16.5. The Balaban J connectivity index is 1.95. The molecule has 3 aromatic rings. The molecule has 0 saturated heterocycles. The molecule has 0 spiro atoms. The molecule has 0 atom stereocenters. The maximum Gasteiger partial charge on any atom is 0.273 e. The molecule has 0 bridgehead atoms. The van der Waals surface area contributed by atoms with E-state index in [-0.39, 0.29) is 5.56 Å². The average molecular weight is 293 g/mol. The van der Waals surface area contributed by atoms with Crippen LogP contribution >= 0.6 is 0 Å². The van der Waals surface area contributed by atoms with E-state index in [2.05, 4.69) is 27.3 Å². The highest BCUT2D eigenvalue weighted by Gasteiger charge is 2.25. The molecule has 2 heterocycles. The van der Waals surface area contributed by atoms with Gasteiger partial charge in [0.1, 0.15) is 11.4 Å². The first kappa shape index (κ1) is 13.0. The first-order valence-electron chi connectivity index (χ1n) is 7.28. The van der Waals surface area contributed by atoms with E-state index in [0.717, 1.165) is 16.7 Å². The highest BCUT2D eigenvalue weighted by Crippen LogP contribution is 2.43. The van der Waals surface area contributed by atoms with Gasteiger partial charge in [-0.3, -0.25) is 9.78 Å². The number of nitrogens with one attached hydrogen (secondary N) is 1. The van der Waals surface area contributed by atoms with Crippen molar-refractivity contribution in [2.75, 3.05) is 7.11 Å². The van der Waals surface area contributed by atoms with Gasteiger partial charge in [0.2, 0.25) is 0 Å². The van der Waals surface area contributed by atoms with Gasteiger partial charge in [-0.05, 0) is 42.5 Å². The molecule has 1 N–H and O–H groups in total. The first-order valence-corrected chi connectivity index (χ1v) is 7.28. The predicted molar refractivity (Wildman–Crippen MR) is 84.1 cm³/mol. The number of fused-ring (bicyclic) bond motifs is 1. The first-order chi connectivity index (χ1) is 10.8. The normalized spacial score (nSPS) is 14.2. The molecule has 0 aliphatic heterocycles. The van der Waals surface area contributed by atoms with Gasteiger partial charge >= 0.3 is 0 Å². The summed E-state index contributed by atoms with van der Waals surface area (Å²) in [5.74, 6) is 1.44. The third kappa shape index (κ3) is 2.06. The lowest BCUT2D eigenvalue weighted by Crippen LogP contribution is -2.10. The Morgan fingerprint density at radius 1 is 1.23 bits per heavy atom. The predicted octanol–water partition coefficient (Wildman–Crippen LogP) is 2.87. The molecular formula is C17H15N3O2. The minimum absolute atomic E-state index is 0.236. The molecule has 1 aliphatic carbocycles. The van der Waals surface area contributed by atoms with Crippen LogP contribution in [0.1, 0.15) is 24.3 Å². The third-order valence-corrected chi connectivity index (χ3v) is 4.12. The van der Waals surface area contributed by atoms with Crippen LogP contribution in [0.25, 0.3) is 22.0 Å². The lowest BCUT2D eigenvalue weighted by Gasteiger charge is -2.11. The number of benzene rings is 1. The second kappa shape index (κ2) is 4.94. The Kier molecular flexibility index (Phi) is 2.92. The van der Waals surface area contributed by atoms with Crippen LogP contribution in [0, 0.1) is 0 Å². The lowest BCUT2D eigenvalue weighted by molar-refractivity contribution is 0.416. The van der Waals surface area contributed by atoms with Crippen LogP contribution in [0.15, 0.2) is 41.5 Å². The Labute approximate surface area is 127 Å². The summed E-state index contributed by atoms with van der Waals surface area (Å²) in [4.78, 5) is 15.9. The number of H-pyrrole nitrogens is 1. The SMILES string of the molecule is COc1cc(C2CC2)ccc1-c1n[nH]c(=O)c2cnccc12.